The lowest BCUT2D eigenvalue weighted by molar-refractivity contribution is 0.185. The van der Waals surface area contributed by atoms with Crippen LogP contribution in [0.4, 0.5) is 10.1 Å². The molecular weight excluding hydrogens is 446 g/mol. The Morgan fingerprint density at radius 1 is 1.23 bits per heavy atom. The molecule has 0 saturated carbocycles. The van der Waals surface area contributed by atoms with Crippen molar-refractivity contribution in [2.75, 3.05) is 19.0 Å². The lowest BCUT2D eigenvalue weighted by atomic mass is 10.1. The number of nitrogens with one attached hydrogen (secondary N) is 2. The number of aliphatic imine (C=N–C) groups is 1. The van der Waals surface area contributed by atoms with Crippen LogP contribution in [0.2, 0.25) is 0 Å². The van der Waals surface area contributed by atoms with Crippen LogP contribution in [0.5, 0.6) is 0 Å². The van der Waals surface area contributed by atoms with Crippen molar-refractivity contribution in [3.05, 3.63) is 65.6 Å². The summed E-state index contributed by atoms with van der Waals surface area (Å²) in [5.74, 6) is 0.0994. The average Bonchev–Trinajstić information content (AvgIpc) is 2.99. The zero-order valence-corrected chi connectivity index (χ0v) is 16.8. The van der Waals surface area contributed by atoms with Crippen LogP contribution in [0.1, 0.15) is 11.1 Å². The van der Waals surface area contributed by atoms with Gasteiger partial charge in [-0.2, -0.15) is 0 Å². The number of rotatable bonds is 6. The third kappa shape index (κ3) is 4.95. The smallest absolute Gasteiger partial charge is 0.193 e. The first-order chi connectivity index (χ1) is 12.2. The summed E-state index contributed by atoms with van der Waals surface area (Å²) < 4.78 is 18.6. The van der Waals surface area contributed by atoms with Crippen molar-refractivity contribution >= 4 is 46.5 Å². The highest BCUT2D eigenvalue weighted by Crippen LogP contribution is 2.20. The Bertz CT molecular complexity index is 894. The minimum Gasteiger partial charge on any atom is -0.380 e. The number of para-hydroxylation sites is 1. The third-order valence-corrected chi connectivity index (χ3v) is 3.97. The number of aromatic amines is 1. The zero-order valence-electron chi connectivity index (χ0n) is 14.5. The van der Waals surface area contributed by atoms with E-state index in [4.69, 9.17) is 10.5 Å². The van der Waals surface area contributed by atoms with Gasteiger partial charge in [0.1, 0.15) is 5.82 Å². The lowest BCUT2D eigenvalue weighted by Gasteiger charge is -2.10. The summed E-state index contributed by atoms with van der Waals surface area (Å²) in [6.45, 7) is 1.01. The molecule has 1 aromatic heterocycles. The van der Waals surface area contributed by atoms with Crippen LogP contribution in [0.3, 0.4) is 0 Å². The number of hydrogen-bond acceptors (Lipinski definition) is 2. The van der Waals surface area contributed by atoms with Crippen LogP contribution in [0, 0.1) is 5.82 Å². The highest BCUT2D eigenvalue weighted by atomic mass is 127. The maximum absolute atomic E-state index is 13.4. The Morgan fingerprint density at radius 2 is 2.04 bits per heavy atom. The van der Waals surface area contributed by atoms with E-state index in [9.17, 15) is 4.39 Å². The highest BCUT2D eigenvalue weighted by molar-refractivity contribution is 14.0. The molecule has 0 aliphatic heterocycles. The van der Waals surface area contributed by atoms with Gasteiger partial charge < -0.3 is 20.8 Å². The van der Waals surface area contributed by atoms with E-state index in [0.717, 1.165) is 27.7 Å². The number of anilines is 1. The van der Waals surface area contributed by atoms with Crippen molar-refractivity contribution < 1.29 is 9.13 Å². The van der Waals surface area contributed by atoms with E-state index in [1.807, 2.05) is 30.5 Å². The maximum atomic E-state index is 13.4. The van der Waals surface area contributed by atoms with Crippen molar-refractivity contribution in [2.24, 2.45) is 10.7 Å². The molecule has 0 amide bonds. The molecule has 0 aliphatic carbocycles. The predicted molar refractivity (Wildman–Crippen MR) is 115 cm³/mol. The van der Waals surface area contributed by atoms with E-state index in [1.165, 1.54) is 12.1 Å². The highest BCUT2D eigenvalue weighted by Gasteiger charge is 2.05. The fourth-order valence-electron chi connectivity index (χ4n) is 2.76. The molecule has 0 spiro atoms. The Labute approximate surface area is 168 Å². The quantitative estimate of drug-likeness (QED) is 0.291. The number of nitrogens with zero attached hydrogens (tertiary/aromatic N) is 1. The average molecular weight is 468 g/mol. The Hall–Kier alpha value is -2.13. The summed E-state index contributed by atoms with van der Waals surface area (Å²) in [5.41, 5.74) is 9.80. The minimum atomic E-state index is -0.243. The number of guanidine groups is 1. The zero-order chi connectivity index (χ0) is 17.6. The Kier molecular flexibility index (Phi) is 7.40. The van der Waals surface area contributed by atoms with Crippen LogP contribution in [-0.4, -0.2) is 24.6 Å². The monoisotopic (exact) mass is 468 g/mol. The molecule has 3 aromatic rings. The molecule has 0 radical (unpaired) electrons. The van der Waals surface area contributed by atoms with Gasteiger partial charge in [0.15, 0.2) is 5.96 Å². The van der Waals surface area contributed by atoms with Crippen molar-refractivity contribution in [3.63, 3.8) is 0 Å². The molecule has 5 nitrogen and oxygen atoms in total. The number of halogens is 2. The maximum Gasteiger partial charge on any atom is 0.193 e. The molecule has 3 rings (SSSR count). The van der Waals surface area contributed by atoms with Gasteiger partial charge in [0.2, 0.25) is 0 Å². The number of ether oxygens (including phenoxy) is 1. The number of aromatic nitrogens is 1. The molecule has 1 heterocycles. The van der Waals surface area contributed by atoms with Gasteiger partial charge in [0.05, 0.1) is 6.61 Å². The van der Waals surface area contributed by atoms with E-state index >= 15 is 0 Å². The minimum absolute atomic E-state index is 0. The lowest BCUT2D eigenvalue weighted by Crippen LogP contribution is -2.23. The number of methoxy groups -OCH3 is 1. The van der Waals surface area contributed by atoms with Gasteiger partial charge >= 0.3 is 0 Å². The van der Waals surface area contributed by atoms with E-state index in [0.29, 0.717) is 25.5 Å². The second kappa shape index (κ2) is 9.54. The third-order valence-electron chi connectivity index (χ3n) is 3.97. The van der Waals surface area contributed by atoms with Gasteiger partial charge in [0, 0.05) is 42.0 Å². The summed E-state index contributed by atoms with van der Waals surface area (Å²) in [6, 6.07) is 12.5. The largest absolute Gasteiger partial charge is 0.380 e. The van der Waals surface area contributed by atoms with Gasteiger partial charge in [-0.25, -0.2) is 4.39 Å². The molecule has 4 N–H and O–H groups in total. The standard InChI is InChI=1S/C19H21FN4O.HI/c1-25-12-14-4-2-3-5-17(14)24-19(21)22-9-8-13-11-23-18-7-6-15(20)10-16(13)18;/h2-7,10-11,23H,8-9,12H2,1H3,(H3,21,22,24);1H. The van der Waals surface area contributed by atoms with E-state index in [1.54, 1.807) is 13.2 Å². The molecule has 0 aliphatic rings. The van der Waals surface area contributed by atoms with Crippen LogP contribution < -0.4 is 11.1 Å². The van der Waals surface area contributed by atoms with Gasteiger partial charge in [-0.3, -0.25) is 4.99 Å². The molecule has 2 aromatic carbocycles. The van der Waals surface area contributed by atoms with E-state index in [2.05, 4.69) is 15.3 Å². The number of fused-ring (bicyclic) bond motifs is 1. The summed E-state index contributed by atoms with van der Waals surface area (Å²) in [4.78, 5) is 7.50. The first-order valence-corrected chi connectivity index (χ1v) is 8.06. The molecule has 0 saturated heterocycles. The summed E-state index contributed by atoms with van der Waals surface area (Å²) in [5, 5.41) is 3.98. The summed E-state index contributed by atoms with van der Waals surface area (Å²) >= 11 is 0. The van der Waals surface area contributed by atoms with Gasteiger partial charge in [-0.1, -0.05) is 18.2 Å². The molecule has 26 heavy (non-hydrogen) atoms. The number of benzene rings is 2. The number of hydrogen-bond donors (Lipinski definition) is 3. The molecule has 0 atom stereocenters. The molecule has 0 unspecified atom stereocenters. The summed E-state index contributed by atoms with van der Waals surface area (Å²) in [7, 11) is 1.65. The predicted octanol–water partition coefficient (Wildman–Crippen LogP) is 4.04. The topological polar surface area (TPSA) is 75.4 Å². The van der Waals surface area contributed by atoms with E-state index < -0.39 is 0 Å². The van der Waals surface area contributed by atoms with E-state index in [-0.39, 0.29) is 29.8 Å². The molecule has 0 bridgehead atoms. The number of nitrogens with two attached hydrogens (primary N) is 1. The second-order valence-electron chi connectivity index (χ2n) is 5.74. The fraction of sp³-hybridized carbons (Fsp3) is 0.211. The molecular formula is C19H22FIN4O. The Balaban J connectivity index is 0.00000243. The first kappa shape index (κ1) is 20.2. The summed E-state index contributed by atoms with van der Waals surface area (Å²) in [6.07, 6.45) is 2.56. The van der Waals surface area contributed by atoms with Crippen LogP contribution in [0.25, 0.3) is 10.9 Å². The second-order valence-corrected chi connectivity index (χ2v) is 5.74. The fourth-order valence-corrected chi connectivity index (χ4v) is 2.76. The number of H-pyrrole nitrogens is 1. The Morgan fingerprint density at radius 3 is 2.85 bits per heavy atom. The van der Waals surface area contributed by atoms with Crippen LogP contribution in [0.15, 0.2) is 53.7 Å². The first-order valence-electron chi connectivity index (χ1n) is 8.06. The van der Waals surface area contributed by atoms with Crippen molar-refractivity contribution in [1.82, 2.24) is 4.98 Å². The van der Waals surface area contributed by atoms with Crippen LogP contribution in [-0.2, 0) is 17.8 Å². The SMILES string of the molecule is COCc1ccccc1NC(N)=NCCc1c[nH]c2ccc(F)cc12.I. The van der Waals surface area contributed by atoms with Crippen molar-refractivity contribution in [1.29, 1.82) is 0 Å². The van der Waals surface area contributed by atoms with Gasteiger partial charge in [-0.15, -0.1) is 24.0 Å². The molecule has 138 valence electrons. The van der Waals surface area contributed by atoms with Crippen LogP contribution >= 0.6 is 24.0 Å². The van der Waals surface area contributed by atoms with Gasteiger partial charge in [-0.05, 0) is 36.2 Å². The van der Waals surface area contributed by atoms with Crippen molar-refractivity contribution in [3.8, 4) is 0 Å². The molecule has 7 heteroatoms. The molecule has 0 fully saturated rings. The van der Waals surface area contributed by atoms with Crippen molar-refractivity contribution in [2.45, 2.75) is 13.0 Å². The normalized spacial score (nSPS) is 11.4. The van der Waals surface area contributed by atoms with Gasteiger partial charge in [0.25, 0.3) is 0 Å².